The standard InChI is InChI=1S/C14H13BrN2O3/c1-2-10-3-4-14(13(6-10)17(18)19)20-9-11-5-12(15)8-16-7-11/h3-8H,2,9H2,1H3. The zero-order chi connectivity index (χ0) is 14.5. The average Bonchev–Trinajstić information content (AvgIpc) is 2.45. The summed E-state index contributed by atoms with van der Waals surface area (Å²) in [6, 6.07) is 6.89. The van der Waals surface area contributed by atoms with E-state index in [1.54, 1.807) is 24.5 Å². The van der Waals surface area contributed by atoms with E-state index in [-0.39, 0.29) is 18.0 Å². The fraction of sp³-hybridized carbons (Fsp3) is 0.214. The Labute approximate surface area is 124 Å². The van der Waals surface area contributed by atoms with Gasteiger partial charge in [-0.15, -0.1) is 0 Å². The average molecular weight is 337 g/mol. The van der Waals surface area contributed by atoms with Crippen molar-refractivity contribution in [1.82, 2.24) is 4.98 Å². The van der Waals surface area contributed by atoms with E-state index in [0.29, 0.717) is 0 Å². The molecule has 0 spiro atoms. The van der Waals surface area contributed by atoms with Gasteiger partial charge in [0.1, 0.15) is 6.61 Å². The fourth-order valence-corrected chi connectivity index (χ4v) is 2.16. The third-order valence-corrected chi connectivity index (χ3v) is 3.22. The molecule has 104 valence electrons. The summed E-state index contributed by atoms with van der Waals surface area (Å²) in [4.78, 5) is 14.7. The smallest absolute Gasteiger partial charge is 0.311 e. The predicted molar refractivity (Wildman–Crippen MR) is 78.7 cm³/mol. The van der Waals surface area contributed by atoms with Crippen LogP contribution >= 0.6 is 15.9 Å². The molecule has 0 aliphatic carbocycles. The Bertz CT molecular complexity index is 632. The number of aryl methyl sites for hydroxylation is 1. The first kappa shape index (κ1) is 14.5. The van der Waals surface area contributed by atoms with Crippen LogP contribution in [0.5, 0.6) is 5.75 Å². The Morgan fingerprint density at radius 1 is 1.30 bits per heavy atom. The number of nitrogens with zero attached hydrogens (tertiary/aromatic N) is 2. The van der Waals surface area contributed by atoms with Crippen molar-refractivity contribution in [2.45, 2.75) is 20.0 Å². The molecular weight excluding hydrogens is 324 g/mol. The van der Waals surface area contributed by atoms with E-state index >= 15 is 0 Å². The first-order valence-electron chi connectivity index (χ1n) is 6.09. The van der Waals surface area contributed by atoms with Crippen LogP contribution in [0.2, 0.25) is 0 Å². The summed E-state index contributed by atoms with van der Waals surface area (Å²) in [7, 11) is 0. The minimum Gasteiger partial charge on any atom is -0.482 e. The summed E-state index contributed by atoms with van der Waals surface area (Å²) < 4.78 is 6.38. The van der Waals surface area contributed by atoms with Gasteiger partial charge in [0.05, 0.1) is 4.92 Å². The normalized spacial score (nSPS) is 10.3. The molecule has 0 aliphatic rings. The van der Waals surface area contributed by atoms with Crippen molar-refractivity contribution in [3.63, 3.8) is 0 Å². The second-order valence-corrected chi connectivity index (χ2v) is 5.13. The maximum absolute atomic E-state index is 11.1. The van der Waals surface area contributed by atoms with Gasteiger partial charge in [-0.3, -0.25) is 15.1 Å². The van der Waals surface area contributed by atoms with Gasteiger partial charge in [-0.05, 0) is 40.0 Å². The van der Waals surface area contributed by atoms with Crippen molar-refractivity contribution in [3.8, 4) is 5.75 Å². The Hall–Kier alpha value is -1.95. The van der Waals surface area contributed by atoms with Gasteiger partial charge in [0.15, 0.2) is 5.75 Å². The van der Waals surface area contributed by atoms with E-state index in [2.05, 4.69) is 20.9 Å². The topological polar surface area (TPSA) is 65.3 Å². The quantitative estimate of drug-likeness (QED) is 0.613. The Balaban J connectivity index is 2.18. The molecule has 2 rings (SSSR count). The van der Waals surface area contributed by atoms with Crippen molar-refractivity contribution in [1.29, 1.82) is 0 Å². The lowest BCUT2D eigenvalue weighted by Gasteiger charge is -2.08. The molecule has 2 aromatic rings. The molecule has 0 saturated carbocycles. The van der Waals surface area contributed by atoms with Gasteiger partial charge < -0.3 is 4.74 Å². The van der Waals surface area contributed by atoms with Crippen molar-refractivity contribution in [2.75, 3.05) is 0 Å². The Kier molecular flexibility index (Phi) is 4.68. The molecule has 0 saturated heterocycles. The van der Waals surface area contributed by atoms with Crippen LogP contribution in [0.3, 0.4) is 0 Å². The summed E-state index contributed by atoms with van der Waals surface area (Å²) in [5, 5.41) is 11.1. The summed E-state index contributed by atoms with van der Waals surface area (Å²) in [5.41, 5.74) is 1.74. The van der Waals surface area contributed by atoms with Crippen molar-refractivity contribution < 1.29 is 9.66 Å². The van der Waals surface area contributed by atoms with Gasteiger partial charge >= 0.3 is 5.69 Å². The summed E-state index contributed by atoms with van der Waals surface area (Å²) in [6.45, 7) is 2.19. The van der Waals surface area contributed by atoms with Crippen LogP contribution < -0.4 is 4.74 Å². The highest BCUT2D eigenvalue weighted by Crippen LogP contribution is 2.29. The maximum atomic E-state index is 11.1. The predicted octanol–water partition coefficient (Wildman–Crippen LogP) is 3.89. The number of hydrogen-bond donors (Lipinski definition) is 0. The van der Waals surface area contributed by atoms with Gasteiger partial charge in [0.25, 0.3) is 0 Å². The number of hydrogen-bond acceptors (Lipinski definition) is 4. The number of nitro benzene ring substituents is 1. The number of halogens is 1. The molecule has 6 heteroatoms. The molecule has 1 aromatic heterocycles. The highest BCUT2D eigenvalue weighted by atomic mass is 79.9. The molecular formula is C14H13BrN2O3. The molecule has 1 aromatic carbocycles. The molecule has 0 atom stereocenters. The Morgan fingerprint density at radius 3 is 2.75 bits per heavy atom. The molecule has 0 radical (unpaired) electrons. The summed E-state index contributed by atoms with van der Waals surface area (Å²) >= 11 is 3.32. The van der Waals surface area contributed by atoms with E-state index in [1.807, 2.05) is 19.1 Å². The van der Waals surface area contributed by atoms with Crippen molar-refractivity contribution >= 4 is 21.6 Å². The van der Waals surface area contributed by atoms with Crippen LogP contribution in [0.15, 0.2) is 41.1 Å². The third kappa shape index (κ3) is 3.54. The van der Waals surface area contributed by atoms with Crippen LogP contribution in [-0.4, -0.2) is 9.91 Å². The van der Waals surface area contributed by atoms with Crippen molar-refractivity contribution in [3.05, 3.63) is 62.4 Å². The first-order valence-corrected chi connectivity index (χ1v) is 6.89. The summed E-state index contributed by atoms with van der Waals surface area (Å²) in [5.74, 6) is 0.271. The van der Waals surface area contributed by atoms with E-state index in [1.165, 1.54) is 0 Å². The highest BCUT2D eigenvalue weighted by Gasteiger charge is 2.15. The molecule has 0 fully saturated rings. The highest BCUT2D eigenvalue weighted by molar-refractivity contribution is 9.10. The molecule has 5 nitrogen and oxygen atoms in total. The minimum atomic E-state index is -0.423. The largest absolute Gasteiger partial charge is 0.482 e. The van der Waals surface area contributed by atoms with E-state index < -0.39 is 4.92 Å². The van der Waals surface area contributed by atoms with Gasteiger partial charge in [-0.1, -0.05) is 13.0 Å². The fourth-order valence-electron chi connectivity index (χ4n) is 1.74. The monoisotopic (exact) mass is 336 g/mol. The lowest BCUT2D eigenvalue weighted by atomic mass is 10.1. The molecule has 0 unspecified atom stereocenters. The molecule has 0 aliphatic heterocycles. The lowest BCUT2D eigenvalue weighted by molar-refractivity contribution is -0.386. The van der Waals surface area contributed by atoms with Crippen molar-refractivity contribution in [2.24, 2.45) is 0 Å². The molecule has 1 heterocycles. The molecule has 0 amide bonds. The number of nitro groups is 1. The number of pyridine rings is 1. The van der Waals surface area contributed by atoms with Gasteiger partial charge in [0.2, 0.25) is 0 Å². The minimum absolute atomic E-state index is 0.00712. The lowest BCUT2D eigenvalue weighted by Crippen LogP contribution is -2.00. The summed E-state index contributed by atoms with van der Waals surface area (Å²) in [6.07, 6.45) is 4.08. The number of ether oxygens (including phenoxy) is 1. The molecule has 0 bridgehead atoms. The van der Waals surface area contributed by atoms with Crippen LogP contribution in [0, 0.1) is 10.1 Å². The second-order valence-electron chi connectivity index (χ2n) is 4.21. The molecule has 20 heavy (non-hydrogen) atoms. The zero-order valence-corrected chi connectivity index (χ0v) is 12.5. The van der Waals surface area contributed by atoms with E-state index in [9.17, 15) is 10.1 Å². The van der Waals surface area contributed by atoms with E-state index in [0.717, 1.165) is 22.0 Å². The third-order valence-electron chi connectivity index (χ3n) is 2.78. The SMILES string of the molecule is CCc1ccc(OCc2cncc(Br)c2)c([N+](=O)[O-])c1. The molecule has 0 N–H and O–H groups in total. The maximum Gasteiger partial charge on any atom is 0.311 e. The van der Waals surface area contributed by atoms with Crippen LogP contribution in [0.4, 0.5) is 5.69 Å². The Morgan fingerprint density at radius 2 is 2.10 bits per heavy atom. The van der Waals surface area contributed by atoms with Crippen LogP contribution in [-0.2, 0) is 13.0 Å². The number of benzene rings is 1. The van der Waals surface area contributed by atoms with E-state index in [4.69, 9.17) is 4.74 Å². The number of aromatic nitrogens is 1. The van der Waals surface area contributed by atoms with Gasteiger partial charge in [-0.25, -0.2) is 0 Å². The second kappa shape index (κ2) is 6.47. The van der Waals surface area contributed by atoms with Gasteiger partial charge in [0, 0.05) is 28.5 Å². The first-order chi connectivity index (χ1) is 9.60. The van der Waals surface area contributed by atoms with Crippen LogP contribution in [0.25, 0.3) is 0 Å². The number of rotatable bonds is 5. The van der Waals surface area contributed by atoms with Crippen LogP contribution in [0.1, 0.15) is 18.1 Å². The van der Waals surface area contributed by atoms with Gasteiger partial charge in [-0.2, -0.15) is 0 Å². The zero-order valence-electron chi connectivity index (χ0n) is 10.9.